The van der Waals surface area contributed by atoms with E-state index in [9.17, 15) is 9.59 Å². The van der Waals surface area contributed by atoms with Gasteiger partial charge in [0.15, 0.2) is 0 Å². The van der Waals surface area contributed by atoms with Crippen LogP contribution in [0.1, 0.15) is 31.7 Å². The number of carboxylic acid groups (broad SMARTS) is 2. The predicted octanol–water partition coefficient (Wildman–Crippen LogP) is 4.16. The van der Waals surface area contributed by atoms with E-state index in [1.807, 2.05) is 43.3 Å². The van der Waals surface area contributed by atoms with Crippen LogP contribution in [-0.2, 0) is 9.59 Å². The molecule has 0 amide bonds. The molecule has 2 N–H and O–H groups in total. The fourth-order valence-corrected chi connectivity index (χ4v) is 1.44. The first kappa shape index (κ1) is 19.4. The van der Waals surface area contributed by atoms with Crippen LogP contribution in [0.4, 0.5) is 0 Å². The average Bonchev–Trinajstić information content (AvgIpc) is 2.51. The van der Waals surface area contributed by atoms with Crippen molar-refractivity contribution in [3.05, 3.63) is 66.3 Å². The molecule has 0 unspecified atom stereocenters. The van der Waals surface area contributed by atoms with Crippen LogP contribution in [0.2, 0.25) is 0 Å². The first-order valence-electron chi connectivity index (χ1n) is 7.03. The summed E-state index contributed by atoms with van der Waals surface area (Å²) >= 11 is 0. The third-order valence-corrected chi connectivity index (χ3v) is 2.61. The van der Waals surface area contributed by atoms with Gasteiger partial charge in [-0.3, -0.25) is 0 Å². The van der Waals surface area contributed by atoms with Crippen molar-refractivity contribution in [3.8, 4) is 0 Å². The van der Waals surface area contributed by atoms with Crippen molar-refractivity contribution in [2.45, 2.75) is 26.2 Å². The van der Waals surface area contributed by atoms with E-state index in [4.69, 9.17) is 10.2 Å². The minimum Gasteiger partial charge on any atom is -0.478 e. The van der Waals surface area contributed by atoms with Gasteiger partial charge in [-0.15, -0.1) is 0 Å². The number of aliphatic carboxylic acids is 2. The van der Waals surface area contributed by atoms with Crippen molar-refractivity contribution in [3.63, 3.8) is 0 Å². The number of hydrogen-bond acceptors (Lipinski definition) is 2. The van der Waals surface area contributed by atoms with Crippen LogP contribution in [0.5, 0.6) is 0 Å². The summed E-state index contributed by atoms with van der Waals surface area (Å²) in [6, 6.07) is 10.0. The van der Waals surface area contributed by atoms with Gasteiger partial charge in [-0.1, -0.05) is 68.8 Å². The van der Waals surface area contributed by atoms with Crippen molar-refractivity contribution in [2.24, 2.45) is 0 Å². The zero-order chi connectivity index (χ0) is 16.8. The van der Waals surface area contributed by atoms with E-state index in [0.29, 0.717) is 6.42 Å². The summed E-state index contributed by atoms with van der Waals surface area (Å²) in [5, 5.41) is 17.0. The van der Waals surface area contributed by atoms with Gasteiger partial charge in [-0.25, -0.2) is 9.59 Å². The number of carbonyl (C=O) groups is 2. The molecule has 4 nitrogen and oxygen atoms in total. The molecule has 0 saturated carbocycles. The minimum absolute atomic E-state index is 0.0286. The summed E-state index contributed by atoms with van der Waals surface area (Å²) in [7, 11) is 0. The second-order valence-electron chi connectivity index (χ2n) is 4.39. The monoisotopic (exact) mass is 302 g/mol. The number of unbranched alkanes of at least 4 members (excludes halogenated alkanes) is 2. The molecule has 0 aromatic heterocycles. The summed E-state index contributed by atoms with van der Waals surface area (Å²) in [4.78, 5) is 20.7. The highest BCUT2D eigenvalue weighted by Crippen LogP contribution is 2.03. The van der Waals surface area contributed by atoms with Gasteiger partial charge in [-0.2, -0.15) is 0 Å². The standard InChI is InChI=1S/C10H14O4.C8H8/c1-2-3-4-5-8(10(13)14)6-7-9(11)12;1-2-8-6-4-3-5-7-8/h5-7H,2-4H2,1H3,(H,11,12)(H,13,14);2-7H,1H2. The summed E-state index contributed by atoms with van der Waals surface area (Å²) in [5.41, 5.74) is 1.20. The van der Waals surface area contributed by atoms with Crippen LogP contribution in [-0.4, -0.2) is 22.2 Å². The number of rotatable bonds is 7. The van der Waals surface area contributed by atoms with E-state index >= 15 is 0 Å². The van der Waals surface area contributed by atoms with Crippen LogP contribution < -0.4 is 0 Å². The molecule has 118 valence electrons. The Labute approximate surface area is 131 Å². The van der Waals surface area contributed by atoms with E-state index in [0.717, 1.165) is 25.0 Å². The van der Waals surface area contributed by atoms with Gasteiger partial charge in [0.1, 0.15) is 0 Å². The van der Waals surface area contributed by atoms with E-state index in [1.165, 1.54) is 11.6 Å². The van der Waals surface area contributed by atoms with Crippen LogP contribution in [0.3, 0.4) is 0 Å². The molecule has 0 bridgehead atoms. The number of allylic oxidation sites excluding steroid dienone is 1. The zero-order valence-corrected chi connectivity index (χ0v) is 12.7. The Morgan fingerprint density at radius 3 is 2.18 bits per heavy atom. The largest absolute Gasteiger partial charge is 0.478 e. The van der Waals surface area contributed by atoms with Gasteiger partial charge in [0, 0.05) is 6.08 Å². The van der Waals surface area contributed by atoms with Crippen molar-refractivity contribution in [1.29, 1.82) is 0 Å². The average molecular weight is 302 g/mol. The third-order valence-electron chi connectivity index (χ3n) is 2.61. The van der Waals surface area contributed by atoms with Gasteiger partial charge in [0.2, 0.25) is 0 Å². The van der Waals surface area contributed by atoms with E-state index in [1.54, 1.807) is 0 Å². The van der Waals surface area contributed by atoms with Gasteiger partial charge in [0.25, 0.3) is 0 Å². The lowest BCUT2D eigenvalue weighted by atomic mass is 10.1. The summed E-state index contributed by atoms with van der Waals surface area (Å²) in [5.74, 6) is -2.24. The molecular formula is C18H22O4. The predicted molar refractivity (Wildman–Crippen MR) is 88.6 cm³/mol. The van der Waals surface area contributed by atoms with Gasteiger partial charge in [0.05, 0.1) is 5.57 Å². The van der Waals surface area contributed by atoms with E-state index in [2.05, 4.69) is 6.58 Å². The van der Waals surface area contributed by atoms with Gasteiger partial charge in [-0.05, 0) is 18.1 Å². The van der Waals surface area contributed by atoms with Crippen molar-refractivity contribution >= 4 is 18.0 Å². The molecule has 0 heterocycles. The van der Waals surface area contributed by atoms with Gasteiger partial charge >= 0.3 is 11.9 Å². The number of hydrogen-bond donors (Lipinski definition) is 2. The molecule has 1 aromatic rings. The lowest BCUT2D eigenvalue weighted by Crippen LogP contribution is -1.99. The molecular weight excluding hydrogens is 280 g/mol. The first-order valence-corrected chi connectivity index (χ1v) is 7.03. The fourth-order valence-electron chi connectivity index (χ4n) is 1.44. The molecule has 0 aliphatic rings. The van der Waals surface area contributed by atoms with E-state index in [-0.39, 0.29) is 5.57 Å². The van der Waals surface area contributed by atoms with Crippen LogP contribution in [0.25, 0.3) is 6.08 Å². The SMILES string of the molecule is C=Cc1ccccc1.CCCCC=C(C=CC(=O)O)C(=O)O. The molecule has 0 radical (unpaired) electrons. The third kappa shape index (κ3) is 10.2. The molecule has 0 saturated heterocycles. The molecule has 22 heavy (non-hydrogen) atoms. The molecule has 0 aliphatic heterocycles. The number of benzene rings is 1. The zero-order valence-electron chi connectivity index (χ0n) is 12.7. The molecule has 0 aliphatic carbocycles. The smallest absolute Gasteiger partial charge is 0.335 e. The van der Waals surface area contributed by atoms with Crippen molar-refractivity contribution in [2.75, 3.05) is 0 Å². The Balaban J connectivity index is 0.000000461. The summed E-state index contributed by atoms with van der Waals surface area (Å²) in [6.07, 6.45) is 7.82. The Morgan fingerprint density at radius 1 is 1.14 bits per heavy atom. The van der Waals surface area contributed by atoms with Crippen molar-refractivity contribution < 1.29 is 19.8 Å². The molecule has 0 atom stereocenters. The number of carboxylic acids is 2. The minimum atomic E-state index is -1.15. The topological polar surface area (TPSA) is 74.6 Å². The molecule has 0 spiro atoms. The van der Waals surface area contributed by atoms with Crippen LogP contribution in [0.15, 0.2) is 60.7 Å². The Morgan fingerprint density at radius 2 is 1.77 bits per heavy atom. The Kier molecular flexibility index (Phi) is 10.7. The van der Waals surface area contributed by atoms with Crippen LogP contribution >= 0.6 is 0 Å². The van der Waals surface area contributed by atoms with Crippen LogP contribution in [0, 0.1) is 0 Å². The first-order chi connectivity index (χ1) is 10.5. The lowest BCUT2D eigenvalue weighted by molar-refractivity contribution is -0.132. The molecule has 1 aromatic carbocycles. The quantitative estimate of drug-likeness (QED) is 0.450. The fraction of sp³-hybridized carbons (Fsp3) is 0.222. The molecule has 0 fully saturated rings. The maximum atomic E-state index is 10.6. The second-order valence-corrected chi connectivity index (χ2v) is 4.39. The summed E-state index contributed by atoms with van der Waals surface area (Å²) < 4.78 is 0. The summed E-state index contributed by atoms with van der Waals surface area (Å²) in [6.45, 7) is 5.63. The highest BCUT2D eigenvalue weighted by molar-refractivity contribution is 5.92. The normalized spacial score (nSPS) is 10.7. The lowest BCUT2D eigenvalue weighted by Gasteiger charge is -1.94. The second kappa shape index (κ2) is 12.1. The highest BCUT2D eigenvalue weighted by Gasteiger charge is 2.02. The van der Waals surface area contributed by atoms with Gasteiger partial charge < -0.3 is 10.2 Å². The molecule has 4 heteroatoms. The Hall–Kier alpha value is -2.62. The molecule has 1 rings (SSSR count). The maximum Gasteiger partial charge on any atom is 0.335 e. The van der Waals surface area contributed by atoms with Crippen molar-refractivity contribution in [1.82, 2.24) is 0 Å². The maximum absolute atomic E-state index is 10.6. The Bertz CT molecular complexity index is 527. The highest BCUT2D eigenvalue weighted by atomic mass is 16.4. The van der Waals surface area contributed by atoms with E-state index < -0.39 is 11.9 Å².